The molecule has 3 heteroatoms. The summed E-state index contributed by atoms with van der Waals surface area (Å²) in [5.41, 5.74) is -0.621. The van der Waals surface area contributed by atoms with Crippen molar-refractivity contribution in [3.8, 4) is 0 Å². The van der Waals surface area contributed by atoms with Crippen LogP contribution in [0.3, 0.4) is 0 Å². The second-order valence-electron chi connectivity index (χ2n) is 3.70. The summed E-state index contributed by atoms with van der Waals surface area (Å²) < 4.78 is 0. The van der Waals surface area contributed by atoms with Crippen molar-refractivity contribution in [1.82, 2.24) is 5.32 Å². The zero-order valence-electron chi connectivity index (χ0n) is 8.35. The Morgan fingerprint density at radius 1 is 1.58 bits per heavy atom. The van der Waals surface area contributed by atoms with Crippen molar-refractivity contribution in [1.29, 1.82) is 0 Å². The lowest BCUT2D eigenvalue weighted by Crippen LogP contribution is -2.43. The van der Waals surface area contributed by atoms with E-state index in [0.29, 0.717) is 6.42 Å². The molecular formula is C9H19NO2. The Bertz CT molecular complexity index is 151. The van der Waals surface area contributed by atoms with Gasteiger partial charge in [0, 0.05) is 6.04 Å². The summed E-state index contributed by atoms with van der Waals surface area (Å²) in [6.45, 7) is 7.39. The third-order valence-electron chi connectivity index (χ3n) is 2.10. The number of hydrogen-bond acceptors (Lipinski definition) is 2. The molecular weight excluding hydrogens is 154 g/mol. The van der Waals surface area contributed by atoms with E-state index in [1.54, 1.807) is 6.92 Å². The van der Waals surface area contributed by atoms with Crippen molar-refractivity contribution in [2.24, 2.45) is 5.41 Å². The number of carbonyl (C=O) groups is 1. The minimum atomic E-state index is -0.621. The molecule has 2 N–H and O–H groups in total. The van der Waals surface area contributed by atoms with E-state index >= 15 is 0 Å². The Hall–Kier alpha value is -0.570. The van der Waals surface area contributed by atoms with Gasteiger partial charge in [-0.05, 0) is 27.2 Å². The van der Waals surface area contributed by atoms with E-state index in [2.05, 4.69) is 5.32 Å². The van der Waals surface area contributed by atoms with Crippen LogP contribution in [0.25, 0.3) is 0 Å². The maximum absolute atomic E-state index is 11.5. The minimum Gasteiger partial charge on any atom is -0.395 e. The van der Waals surface area contributed by atoms with E-state index in [9.17, 15) is 4.79 Å². The van der Waals surface area contributed by atoms with Gasteiger partial charge in [-0.3, -0.25) is 4.79 Å². The predicted octanol–water partition coefficient (Wildman–Crippen LogP) is 0.920. The molecule has 0 rings (SSSR count). The lowest BCUT2D eigenvalue weighted by Gasteiger charge is -2.25. The molecule has 12 heavy (non-hydrogen) atoms. The van der Waals surface area contributed by atoms with E-state index < -0.39 is 5.41 Å². The Balaban J connectivity index is 4.22. The van der Waals surface area contributed by atoms with Crippen molar-refractivity contribution in [3.63, 3.8) is 0 Å². The van der Waals surface area contributed by atoms with Crippen LogP contribution in [-0.2, 0) is 4.79 Å². The zero-order chi connectivity index (χ0) is 9.78. The van der Waals surface area contributed by atoms with Gasteiger partial charge >= 0.3 is 0 Å². The van der Waals surface area contributed by atoms with E-state index in [1.807, 2.05) is 20.8 Å². The van der Waals surface area contributed by atoms with Crippen LogP contribution in [0.1, 0.15) is 34.1 Å². The summed E-state index contributed by atoms with van der Waals surface area (Å²) in [5, 5.41) is 11.8. The number of amides is 1. The first-order valence-electron chi connectivity index (χ1n) is 4.38. The highest BCUT2D eigenvalue weighted by molar-refractivity contribution is 5.82. The fourth-order valence-electron chi connectivity index (χ4n) is 0.781. The molecule has 3 nitrogen and oxygen atoms in total. The van der Waals surface area contributed by atoms with E-state index in [0.717, 1.165) is 0 Å². The van der Waals surface area contributed by atoms with Gasteiger partial charge in [-0.2, -0.15) is 0 Å². The van der Waals surface area contributed by atoms with Crippen LogP contribution in [0.4, 0.5) is 0 Å². The monoisotopic (exact) mass is 173 g/mol. The minimum absolute atomic E-state index is 0.0671. The lowest BCUT2D eigenvalue weighted by atomic mass is 9.87. The molecule has 0 spiro atoms. The third kappa shape index (κ3) is 2.81. The highest BCUT2D eigenvalue weighted by atomic mass is 16.3. The Morgan fingerprint density at radius 3 is 2.33 bits per heavy atom. The lowest BCUT2D eigenvalue weighted by molar-refractivity contribution is -0.133. The Kier molecular flexibility index (Phi) is 4.24. The zero-order valence-corrected chi connectivity index (χ0v) is 8.35. The Morgan fingerprint density at radius 2 is 2.08 bits per heavy atom. The number of aliphatic hydroxyl groups excluding tert-OH is 1. The first-order valence-corrected chi connectivity index (χ1v) is 4.38. The van der Waals surface area contributed by atoms with Gasteiger partial charge in [0.1, 0.15) is 0 Å². The highest BCUT2D eigenvalue weighted by Crippen LogP contribution is 2.19. The topological polar surface area (TPSA) is 49.3 Å². The molecule has 0 bridgehead atoms. The molecule has 1 atom stereocenters. The quantitative estimate of drug-likeness (QED) is 0.664. The number of hydrogen-bond donors (Lipinski definition) is 2. The first-order chi connectivity index (χ1) is 5.46. The summed E-state index contributed by atoms with van der Waals surface area (Å²) in [6, 6.07) is 0.134. The van der Waals surface area contributed by atoms with Crippen LogP contribution in [-0.4, -0.2) is 23.7 Å². The SMILES string of the molecule is CCC(C)(CO)C(=O)NC(C)C. The molecule has 0 saturated heterocycles. The van der Waals surface area contributed by atoms with Gasteiger partial charge in [0.15, 0.2) is 0 Å². The van der Waals surface area contributed by atoms with Crippen molar-refractivity contribution >= 4 is 5.91 Å². The third-order valence-corrected chi connectivity index (χ3v) is 2.10. The smallest absolute Gasteiger partial charge is 0.228 e. The molecule has 0 aliphatic carbocycles. The van der Waals surface area contributed by atoms with Gasteiger partial charge in [-0.15, -0.1) is 0 Å². The predicted molar refractivity (Wildman–Crippen MR) is 48.8 cm³/mol. The van der Waals surface area contributed by atoms with E-state index in [4.69, 9.17) is 5.11 Å². The molecule has 1 amide bonds. The van der Waals surface area contributed by atoms with Crippen LogP contribution in [0, 0.1) is 5.41 Å². The molecule has 0 aromatic carbocycles. The molecule has 0 fully saturated rings. The standard InChI is InChI=1S/C9H19NO2/c1-5-9(4,6-11)8(12)10-7(2)3/h7,11H,5-6H2,1-4H3,(H,10,12). The number of rotatable bonds is 4. The fraction of sp³-hybridized carbons (Fsp3) is 0.889. The van der Waals surface area contributed by atoms with Gasteiger partial charge < -0.3 is 10.4 Å². The average Bonchev–Trinajstić information content (AvgIpc) is 2.02. The summed E-state index contributed by atoms with van der Waals surface area (Å²) in [4.78, 5) is 11.5. The second-order valence-corrected chi connectivity index (χ2v) is 3.70. The van der Waals surface area contributed by atoms with E-state index in [-0.39, 0.29) is 18.6 Å². The fourth-order valence-corrected chi connectivity index (χ4v) is 0.781. The van der Waals surface area contributed by atoms with Crippen molar-refractivity contribution in [2.75, 3.05) is 6.61 Å². The van der Waals surface area contributed by atoms with Crippen LogP contribution in [0.2, 0.25) is 0 Å². The van der Waals surface area contributed by atoms with Gasteiger partial charge in [0.2, 0.25) is 5.91 Å². The molecule has 72 valence electrons. The maximum Gasteiger partial charge on any atom is 0.228 e. The largest absolute Gasteiger partial charge is 0.395 e. The van der Waals surface area contributed by atoms with Crippen LogP contribution in [0.5, 0.6) is 0 Å². The van der Waals surface area contributed by atoms with Gasteiger partial charge in [0.25, 0.3) is 0 Å². The normalized spacial score (nSPS) is 15.8. The molecule has 0 radical (unpaired) electrons. The summed E-state index contributed by atoms with van der Waals surface area (Å²) in [6.07, 6.45) is 0.655. The maximum atomic E-state index is 11.5. The van der Waals surface area contributed by atoms with Crippen molar-refractivity contribution in [3.05, 3.63) is 0 Å². The number of carbonyl (C=O) groups excluding carboxylic acids is 1. The summed E-state index contributed by atoms with van der Waals surface area (Å²) in [7, 11) is 0. The Labute approximate surface area is 74.2 Å². The number of aliphatic hydroxyl groups is 1. The summed E-state index contributed by atoms with van der Waals surface area (Å²) >= 11 is 0. The molecule has 1 unspecified atom stereocenters. The number of nitrogens with one attached hydrogen (secondary N) is 1. The molecule has 0 heterocycles. The van der Waals surface area contributed by atoms with Crippen LogP contribution in [0.15, 0.2) is 0 Å². The van der Waals surface area contributed by atoms with Crippen LogP contribution < -0.4 is 5.32 Å². The summed E-state index contributed by atoms with van der Waals surface area (Å²) in [5.74, 6) is -0.0671. The average molecular weight is 173 g/mol. The van der Waals surface area contributed by atoms with E-state index in [1.165, 1.54) is 0 Å². The van der Waals surface area contributed by atoms with Gasteiger partial charge in [-0.25, -0.2) is 0 Å². The van der Waals surface area contributed by atoms with Gasteiger partial charge in [0.05, 0.1) is 12.0 Å². The van der Waals surface area contributed by atoms with Gasteiger partial charge in [-0.1, -0.05) is 6.92 Å². The second kappa shape index (κ2) is 4.45. The van der Waals surface area contributed by atoms with Crippen molar-refractivity contribution in [2.45, 2.75) is 40.2 Å². The molecule has 0 aromatic heterocycles. The molecule has 0 aromatic rings. The molecule has 0 aliphatic rings. The van der Waals surface area contributed by atoms with Crippen LogP contribution >= 0.6 is 0 Å². The highest BCUT2D eigenvalue weighted by Gasteiger charge is 2.30. The molecule has 0 aliphatic heterocycles. The van der Waals surface area contributed by atoms with Crippen molar-refractivity contribution < 1.29 is 9.90 Å². The first kappa shape index (κ1) is 11.4. The molecule has 0 saturated carbocycles.